The van der Waals surface area contributed by atoms with Crippen LogP contribution >= 0.6 is 23.2 Å². The van der Waals surface area contributed by atoms with Gasteiger partial charge in [0, 0.05) is 66.7 Å². The van der Waals surface area contributed by atoms with Crippen LogP contribution in [0.1, 0.15) is 30.7 Å². The second kappa shape index (κ2) is 15.3. The van der Waals surface area contributed by atoms with E-state index in [1.165, 1.54) is 0 Å². The van der Waals surface area contributed by atoms with Crippen LogP contribution in [-0.2, 0) is 17.9 Å². The van der Waals surface area contributed by atoms with Gasteiger partial charge >= 0.3 is 0 Å². The molecule has 2 fully saturated rings. The molecule has 2 saturated heterocycles. The van der Waals surface area contributed by atoms with Crippen LogP contribution in [0, 0.1) is 5.92 Å². The number of aromatic nitrogens is 4. The highest BCUT2D eigenvalue weighted by atomic mass is 35.5. The molecule has 2 aromatic heterocycles. The zero-order valence-electron chi connectivity index (χ0n) is 26.9. The van der Waals surface area contributed by atoms with Crippen molar-refractivity contribution in [1.82, 2.24) is 41.2 Å². The van der Waals surface area contributed by atoms with Gasteiger partial charge in [-0.2, -0.15) is 0 Å². The summed E-state index contributed by atoms with van der Waals surface area (Å²) in [6, 6.07) is 11.8. The van der Waals surface area contributed by atoms with Crippen LogP contribution in [0.2, 0.25) is 10.0 Å². The summed E-state index contributed by atoms with van der Waals surface area (Å²) in [6.07, 6.45) is 6.25. The number of halogens is 2. The molecule has 2 aromatic carbocycles. The van der Waals surface area contributed by atoms with Crippen LogP contribution in [0.25, 0.3) is 33.6 Å². The number of nitrogens with zero attached hydrogens (tertiary/aromatic N) is 4. The Morgan fingerprint density at radius 3 is 1.85 bits per heavy atom. The molecule has 0 spiro atoms. The number of amides is 1. The zero-order chi connectivity index (χ0) is 33.6. The van der Waals surface area contributed by atoms with E-state index in [4.69, 9.17) is 42.6 Å². The lowest BCUT2D eigenvalue weighted by molar-refractivity contribution is -0.122. The van der Waals surface area contributed by atoms with Crippen LogP contribution in [0.3, 0.4) is 0 Å². The molecule has 2 aliphatic heterocycles. The van der Waals surface area contributed by atoms with Gasteiger partial charge in [-0.15, -0.1) is 0 Å². The van der Waals surface area contributed by atoms with E-state index in [2.05, 4.69) is 37.8 Å². The summed E-state index contributed by atoms with van der Waals surface area (Å²) in [5, 5.41) is 13.9. The van der Waals surface area contributed by atoms with Gasteiger partial charge in [0.05, 0.1) is 54.0 Å². The molecule has 0 bridgehead atoms. The first-order valence-corrected chi connectivity index (χ1v) is 16.6. The minimum Gasteiger partial charge on any atom is -0.480 e. The van der Waals surface area contributed by atoms with E-state index in [-0.39, 0.29) is 11.8 Å². The number of carbonyl (C=O) groups excluding carboxylic acids is 1. The van der Waals surface area contributed by atoms with Crippen molar-refractivity contribution in [2.24, 2.45) is 5.92 Å². The van der Waals surface area contributed by atoms with Crippen molar-refractivity contribution in [3.05, 3.63) is 82.5 Å². The normalized spacial score (nSPS) is 17.3. The Bertz CT molecular complexity index is 1820. The maximum absolute atomic E-state index is 11.9. The van der Waals surface area contributed by atoms with E-state index < -0.39 is 0 Å². The summed E-state index contributed by atoms with van der Waals surface area (Å²) >= 11 is 14.1. The Labute approximate surface area is 289 Å². The lowest BCUT2D eigenvalue weighted by Gasteiger charge is -2.15. The van der Waals surface area contributed by atoms with Crippen LogP contribution < -0.4 is 30.7 Å². The van der Waals surface area contributed by atoms with Crippen molar-refractivity contribution in [2.45, 2.75) is 38.4 Å². The molecule has 0 saturated carbocycles. The van der Waals surface area contributed by atoms with Crippen LogP contribution in [-0.4, -0.2) is 65.7 Å². The van der Waals surface area contributed by atoms with Crippen molar-refractivity contribution in [3.8, 4) is 45.4 Å². The second-order valence-electron chi connectivity index (χ2n) is 11.8. The maximum Gasteiger partial charge on any atom is 0.237 e. The van der Waals surface area contributed by atoms with Gasteiger partial charge in [-0.05, 0) is 19.3 Å². The van der Waals surface area contributed by atoms with E-state index in [0.29, 0.717) is 87.9 Å². The van der Waals surface area contributed by atoms with E-state index in [9.17, 15) is 4.79 Å². The molecule has 0 aliphatic carbocycles. The molecule has 4 aromatic rings. The van der Waals surface area contributed by atoms with E-state index in [1.807, 2.05) is 36.4 Å². The Kier molecular flexibility index (Phi) is 10.7. The summed E-state index contributed by atoms with van der Waals surface area (Å²) in [5.74, 6) is 0.839. The molecule has 13 heteroatoms. The molecule has 11 nitrogen and oxygen atoms in total. The van der Waals surface area contributed by atoms with Crippen molar-refractivity contribution >= 4 is 29.1 Å². The molecule has 6 rings (SSSR count). The van der Waals surface area contributed by atoms with Gasteiger partial charge in [0.2, 0.25) is 17.7 Å². The fraction of sp³-hybridized carbons (Fsp3) is 0.343. The number of hydrogen-bond acceptors (Lipinski definition) is 10. The SMILES string of the molecule is C=C1CC[C@@H](CNCc2ncc(-c3cccc(-c4cccc(-c5cnc(CNCC6CCNC6=O)c(OC)n5)c4Cl)c3Cl)nc2OC)N1. The standard InChI is InChI=1S/C35H38Cl2N8O3/c1-20-10-11-22(43-20)15-39-17-30-35(48-3)45-28(19-42-30)26-9-5-7-24(32(26)37)23-6-4-8-25(31(23)36)27-18-41-29(34(44-27)47-2)16-38-14-21-12-13-40-33(21)46/h4-9,18-19,21-22,38-39,43H,1,10-17H2,2-3H3,(H,40,46)/t21?,22-/m0/s1. The highest BCUT2D eigenvalue weighted by molar-refractivity contribution is 6.39. The fourth-order valence-corrected chi connectivity index (χ4v) is 6.65. The highest BCUT2D eigenvalue weighted by Crippen LogP contribution is 2.42. The average Bonchev–Trinajstić information content (AvgIpc) is 3.72. The molecule has 48 heavy (non-hydrogen) atoms. The molecule has 1 amide bonds. The summed E-state index contributed by atoms with van der Waals surface area (Å²) in [6.45, 7) is 6.99. The summed E-state index contributed by atoms with van der Waals surface area (Å²) < 4.78 is 11.2. The van der Waals surface area contributed by atoms with E-state index >= 15 is 0 Å². The average molecular weight is 690 g/mol. The van der Waals surface area contributed by atoms with Gasteiger partial charge in [0.25, 0.3) is 0 Å². The fourth-order valence-electron chi connectivity index (χ4n) is 6.00. The molecular weight excluding hydrogens is 651 g/mol. The third kappa shape index (κ3) is 7.39. The number of carbonyl (C=O) groups is 1. The first kappa shape index (κ1) is 33.6. The summed E-state index contributed by atoms with van der Waals surface area (Å²) in [4.78, 5) is 30.6. The van der Waals surface area contributed by atoms with Gasteiger partial charge in [0.15, 0.2) is 0 Å². The predicted molar refractivity (Wildman–Crippen MR) is 187 cm³/mol. The van der Waals surface area contributed by atoms with Crippen molar-refractivity contribution in [3.63, 3.8) is 0 Å². The highest BCUT2D eigenvalue weighted by Gasteiger charge is 2.24. The second-order valence-corrected chi connectivity index (χ2v) is 12.5. The Balaban J connectivity index is 1.21. The largest absolute Gasteiger partial charge is 0.480 e. The number of ether oxygens (including phenoxy) is 2. The first-order valence-electron chi connectivity index (χ1n) is 15.9. The topological polar surface area (TPSA) is 135 Å². The molecule has 4 heterocycles. The maximum atomic E-state index is 11.9. The van der Waals surface area contributed by atoms with Crippen molar-refractivity contribution in [2.75, 3.05) is 33.9 Å². The quantitative estimate of drug-likeness (QED) is 0.149. The summed E-state index contributed by atoms with van der Waals surface area (Å²) in [5.41, 5.74) is 6.40. The lowest BCUT2D eigenvalue weighted by atomic mass is 9.98. The number of allylic oxidation sites excluding steroid dienone is 1. The van der Waals surface area contributed by atoms with Gasteiger partial charge in [-0.3, -0.25) is 14.8 Å². The molecular formula is C35H38Cl2N8O3. The van der Waals surface area contributed by atoms with Gasteiger partial charge in [-0.1, -0.05) is 66.2 Å². The molecule has 4 N–H and O–H groups in total. The first-order chi connectivity index (χ1) is 23.4. The number of nitrogens with one attached hydrogen (secondary N) is 4. The monoisotopic (exact) mass is 688 g/mol. The van der Waals surface area contributed by atoms with Gasteiger partial charge < -0.3 is 30.7 Å². The van der Waals surface area contributed by atoms with Gasteiger partial charge in [0.1, 0.15) is 11.4 Å². The van der Waals surface area contributed by atoms with Crippen LogP contribution in [0.15, 0.2) is 61.1 Å². The molecule has 250 valence electrons. The summed E-state index contributed by atoms with van der Waals surface area (Å²) in [7, 11) is 3.14. The zero-order valence-corrected chi connectivity index (χ0v) is 28.4. The third-order valence-electron chi connectivity index (χ3n) is 8.58. The van der Waals surface area contributed by atoms with Crippen LogP contribution in [0.5, 0.6) is 11.8 Å². The lowest BCUT2D eigenvalue weighted by Crippen LogP contribution is -2.33. The Morgan fingerprint density at radius 1 is 0.833 bits per heavy atom. The molecule has 2 aliphatic rings. The predicted octanol–water partition coefficient (Wildman–Crippen LogP) is 5.17. The van der Waals surface area contributed by atoms with Crippen molar-refractivity contribution in [1.29, 1.82) is 0 Å². The number of methoxy groups -OCH3 is 2. The number of benzene rings is 2. The van der Waals surface area contributed by atoms with E-state index in [1.54, 1.807) is 26.6 Å². The molecule has 0 radical (unpaired) electrons. The van der Waals surface area contributed by atoms with E-state index in [0.717, 1.165) is 42.6 Å². The van der Waals surface area contributed by atoms with Crippen LogP contribution in [0.4, 0.5) is 0 Å². The Morgan fingerprint density at radius 2 is 1.38 bits per heavy atom. The third-order valence-corrected chi connectivity index (χ3v) is 9.40. The minimum atomic E-state index is -0.0448. The minimum absolute atomic E-state index is 0.0448. The number of hydrogen-bond donors (Lipinski definition) is 4. The van der Waals surface area contributed by atoms with Gasteiger partial charge in [-0.25, -0.2) is 9.97 Å². The number of rotatable bonds is 13. The molecule has 1 unspecified atom stereocenters. The smallest absolute Gasteiger partial charge is 0.237 e. The van der Waals surface area contributed by atoms with Crippen molar-refractivity contribution < 1.29 is 14.3 Å². The Hall–Kier alpha value is -4.29. The molecule has 2 atom stereocenters.